The van der Waals surface area contributed by atoms with Crippen molar-refractivity contribution in [2.24, 2.45) is 0 Å². The zero-order valence-electron chi connectivity index (χ0n) is 15.1. The Balaban J connectivity index is 2.08. The predicted molar refractivity (Wildman–Crippen MR) is 105 cm³/mol. The first-order valence-electron chi connectivity index (χ1n) is 8.23. The highest BCUT2D eigenvalue weighted by atomic mass is 32.2. The van der Waals surface area contributed by atoms with E-state index in [-0.39, 0.29) is 11.3 Å². The van der Waals surface area contributed by atoms with Crippen LogP contribution < -0.4 is 4.72 Å². The number of hydrogen-bond acceptors (Lipinski definition) is 5. The van der Waals surface area contributed by atoms with E-state index < -0.39 is 16.0 Å². The van der Waals surface area contributed by atoms with Crippen molar-refractivity contribution >= 4 is 33.3 Å². The van der Waals surface area contributed by atoms with Crippen LogP contribution in [0.5, 0.6) is 0 Å². The maximum absolute atomic E-state index is 11.9. The molecule has 144 valence electrons. The van der Waals surface area contributed by atoms with Gasteiger partial charge in [-0.3, -0.25) is 4.79 Å². The highest BCUT2D eigenvalue weighted by molar-refractivity contribution is 7.99. The molecule has 2 heterocycles. The molecule has 1 aromatic carbocycles. The van der Waals surface area contributed by atoms with Crippen LogP contribution in [0, 0.1) is 18.3 Å². The van der Waals surface area contributed by atoms with Gasteiger partial charge in [0.15, 0.2) is 0 Å². The van der Waals surface area contributed by atoms with Gasteiger partial charge in [0.05, 0.1) is 28.5 Å². The van der Waals surface area contributed by atoms with Gasteiger partial charge in [-0.05, 0) is 55.9 Å². The number of carboxylic acids is 1. The molecular weight excluding hydrogens is 398 g/mol. The molecule has 2 N–H and O–H groups in total. The Morgan fingerprint density at radius 2 is 1.96 bits per heavy atom. The lowest BCUT2D eigenvalue weighted by atomic mass is 10.2. The number of nitriles is 1. The number of aromatic nitrogens is 1. The first-order chi connectivity index (χ1) is 13.3. The lowest BCUT2D eigenvalue weighted by Gasteiger charge is -2.05. The second kappa shape index (κ2) is 7.67. The minimum absolute atomic E-state index is 0.140. The van der Waals surface area contributed by atoms with Crippen molar-refractivity contribution in [3.05, 3.63) is 59.4 Å². The van der Waals surface area contributed by atoms with Gasteiger partial charge in [-0.15, -0.1) is 0 Å². The molecule has 0 aliphatic heterocycles. The molecule has 0 aliphatic carbocycles. The molecule has 0 saturated heterocycles. The topological polar surface area (TPSA) is 112 Å². The molecule has 2 aromatic heterocycles. The standard InChI is InChI=1S/C19H17N3O4S2/c1-12-16(10-18(23)24)22-8-7-13(11-20)9-17(22)19(12)27-14-3-5-15(6-4-14)28(25,26)21-2/h3-9,21H,10H2,1-2H3,(H,23,24). The van der Waals surface area contributed by atoms with E-state index in [4.69, 9.17) is 0 Å². The van der Waals surface area contributed by atoms with E-state index in [2.05, 4.69) is 10.8 Å². The van der Waals surface area contributed by atoms with Crippen LogP contribution in [0.25, 0.3) is 5.52 Å². The molecule has 0 spiro atoms. The fraction of sp³-hybridized carbons (Fsp3) is 0.158. The third-order valence-corrected chi connectivity index (χ3v) is 6.98. The second-order valence-electron chi connectivity index (χ2n) is 6.03. The van der Waals surface area contributed by atoms with Crippen LogP contribution in [0.1, 0.15) is 16.8 Å². The fourth-order valence-corrected chi connectivity index (χ4v) is 4.67. The SMILES string of the molecule is CNS(=O)(=O)c1ccc(Sc2c(C)c(CC(=O)O)n3ccc(C#N)cc23)cc1. The van der Waals surface area contributed by atoms with Gasteiger partial charge in [0, 0.05) is 21.7 Å². The average molecular weight is 415 g/mol. The van der Waals surface area contributed by atoms with Crippen LogP contribution in [0.2, 0.25) is 0 Å². The smallest absolute Gasteiger partial charge is 0.309 e. The largest absolute Gasteiger partial charge is 0.481 e. The molecule has 0 atom stereocenters. The Hall–Kier alpha value is -2.80. The number of pyridine rings is 1. The van der Waals surface area contributed by atoms with Crippen molar-refractivity contribution < 1.29 is 18.3 Å². The van der Waals surface area contributed by atoms with Crippen molar-refractivity contribution in [2.75, 3.05) is 7.05 Å². The van der Waals surface area contributed by atoms with E-state index >= 15 is 0 Å². The highest BCUT2D eigenvalue weighted by Gasteiger charge is 2.19. The molecular formula is C19H17N3O4S2. The molecule has 0 amide bonds. The van der Waals surface area contributed by atoms with E-state index in [0.29, 0.717) is 11.3 Å². The Labute approximate surface area is 166 Å². The third-order valence-electron chi connectivity index (χ3n) is 4.32. The van der Waals surface area contributed by atoms with Gasteiger partial charge < -0.3 is 9.51 Å². The Morgan fingerprint density at radius 1 is 1.29 bits per heavy atom. The van der Waals surface area contributed by atoms with E-state index in [1.54, 1.807) is 34.9 Å². The molecule has 9 heteroatoms. The summed E-state index contributed by atoms with van der Waals surface area (Å²) in [5, 5.41) is 18.5. The summed E-state index contributed by atoms with van der Waals surface area (Å²) in [6.45, 7) is 1.85. The number of sulfonamides is 1. The summed E-state index contributed by atoms with van der Waals surface area (Å²) in [7, 11) is -2.16. The van der Waals surface area contributed by atoms with Gasteiger partial charge in [0.2, 0.25) is 10.0 Å². The van der Waals surface area contributed by atoms with Gasteiger partial charge in [-0.1, -0.05) is 11.8 Å². The third kappa shape index (κ3) is 3.75. The van der Waals surface area contributed by atoms with Crippen LogP contribution in [0.4, 0.5) is 0 Å². The first kappa shape index (κ1) is 19.9. The minimum atomic E-state index is -3.51. The maximum atomic E-state index is 11.9. The molecule has 0 aliphatic rings. The lowest BCUT2D eigenvalue weighted by Crippen LogP contribution is -2.18. The molecule has 0 fully saturated rings. The van der Waals surface area contributed by atoms with E-state index in [9.17, 15) is 23.6 Å². The molecule has 3 rings (SSSR count). The number of hydrogen-bond donors (Lipinski definition) is 2. The number of nitrogens with zero attached hydrogens (tertiary/aromatic N) is 2. The lowest BCUT2D eigenvalue weighted by molar-refractivity contribution is -0.136. The van der Waals surface area contributed by atoms with Gasteiger partial charge in [-0.2, -0.15) is 5.26 Å². The Kier molecular flexibility index (Phi) is 5.47. The normalized spacial score (nSPS) is 11.5. The predicted octanol–water partition coefficient (Wildman–Crippen LogP) is 2.81. The fourth-order valence-electron chi connectivity index (χ4n) is 2.90. The summed E-state index contributed by atoms with van der Waals surface area (Å²) in [4.78, 5) is 13.1. The van der Waals surface area contributed by atoms with Crippen molar-refractivity contribution in [1.82, 2.24) is 9.12 Å². The Morgan fingerprint density at radius 3 is 2.54 bits per heavy atom. The molecule has 0 radical (unpaired) electrons. The quantitative estimate of drug-likeness (QED) is 0.640. The van der Waals surface area contributed by atoms with Crippen LogP contribution in [-0.4, -0.2) is 30.9 Å². The zero-order valence-corrected chi connectivity index (χ0v) is 16.8. The summed E-state index contributed by atoms with van der Waals surface area (Å²) in [6.07, 6.45) is 1.56. The van der Waals surface area contributed by atoms with E-state index in [1.807, 2.05) is 6.92 Å². The summed E-state index contributed by atoms with van der Waals surface area (Å²) in [6, 6.07) is 11.9. The molecule has 3 aromatic rings. The van der Waals surface area contributed by atoms with Gasteiger partial charge in [0.1, 0.15) is 0 Å². The molecule has 0 unspecified atom stereocenters. The minimum Gasteiger partial charge on any atom is -0.481 e. The van der Waals surface area contributed by atoms with Crippen molar-refractivity contribution in [2.45, 2.75) is 28.0 Å². The summed E-state index contributed by atoms with van der Waals surface area (Å²) in [5.41, 5.74) is 2.67. The highest BCUT2D eigenvalue weighted by Crippen LogP contribution is 2.37. The number of carbonyl (C=O) groups is 1. The van der Waals surface area contributed by atoms with Gasteiger partial charge in [-0.25, -0.2) is 13.1 Å². The first-order valence-corrected chi connectivity index (χ1v) is 10.5. The van der Waals surface area contributed by atoms with Crippen LogP contribution in [-0.2, 0) is 21.2 Å². The zero-order chi connectivity index (χ0) is 20.5. The monoisotopic (exact) mass is 415 g/mol. The Bertz CT molecular complexity index is 1210. The van der Waals surface area contributed by atoms with Gasteiger partial charge >= 0.3 is 5.97 Å². The van der Waals surface area contributed by atoms with E-state index in [0.717, 1.165) is 20.9 Å². The number of benzene rings is 1. The molecule has 7 nitrogen and oxygen atoms in total. The van der Waals surface area contributed by atoms with Gasteiger partial charge in [0.25, 0.3) is 0 Å². The van der Waals surface area contributed by atoms with Crippen molar-refractivity contribution in [1.29, 1.82) is 5.26 Å². The van der Waals surface area contributed by atoms with Crippen LogP contribution >= 0.6 is 11.8 Å². The number of carboxylic acid groups (broad SMARTS) is 1. The number of rotatable bonds is 6. The number of nitrogens with one attached hydrogen (secondary N) is 1. The summed E-state index contributed by atoms with van der Waals surface area (Å²) in [5.74, 6) is -0.940. The summed E-state index contributed by atoms with van der Waals surface area (Å²) >= 11 is 1.40. The van der Waals surface area contributed by atoms with Crippen molar-refractivity contribution in [3.8, 4) is 6.07 Å². The van der Waals surface area contributed by atoms with Crippen LogP contribution in [0.15, 0.2) is 57.3 Å². The molecule has 0 bridgehead atoms. The maximum Gasteiger partial charge on any atom is 0.309 e. The average Bonchev–Trinajstić information content (AvgIpc) is 2.93. The van der Waals surface area contributed by atoms with E-state index in [1.165, 1.54) is 30.9 Å². The summed E-state index contributed by atoms with van der Waals surface area (Å²) < 4.78 is 27.8. The molecule has 28 heavy (non-hydrogen) atoms. The van der Waals surface area contributed by atoms with Crippen molar-refractivity contribution in [3.63, 3.8) is 0 Å². The van der Waals surface area contributed by atoms with Crippen LogP contribution in [0.3, 0.4) is 0 Å². The molecule has 0 saturated carbocycles. The second-order valence-corrected chi connectivity index (χ2v) is 9.01. The number of aliphatic carboxylic acids is 1. The number of fused-ring (bicyclic) bond motifs is 1.